The van der Waals surface area contributed by atoms with Crippen molar-refractivity contribution in [1.82, 2.24) is 10.6 Å². The van der Waals surface area contributed by atoms with Crippen LogP contribution in [0.25, 0.3) is 11.1 Å². The van der Waals surface area contributed by atoms with Crippen LogP contribution >= 0.6 is 0 Å². The molecule has 0 radical (unpaired) electrons. The molecule has 7 nitrogen and oxygen atoms in total. The molecular weight excluding hydrogens is 408 g/mol. The summed E-state index contributed by atoms with van der Waals surface area (Å²) < 4.78 is 5.51. The third-order valence-corrected chi connectivity index (χ3v) is 5.68. The van der Waals surface area contributed by atoms with Crippen LogP contribution in [0.3, 0.4) is 0 Å². The third-order valence-electron chi connectivity index (χ3n) is 5.68. The third kappa shape index (κ3) is 5.28. The van der Waals surface area contributed by atoms with Gasteiger partial charge >= 0.3 is 12.1 Å². The summed E-state index contributed by atoms with van der Waals surface area (Å²) in [6.45, 7) is 6.91. The minimum absolute atomic E-state index is 0.0405. The molecule has 0 aromatic heterocycles. The van der Waals surface area contributed by atoms with Gasteiger partial charge in [0.2, 0.25) is 5.91 Å². The molecule has 0 saturated heterocycles. The number of carbonyl (C=O) groups excluding carboxylic acids is 2. The number of carbonyl (C=O) groups is 3. The molecule has 0 bridgehead atoms. The SMILES string of the molecule is CC(C)(CC(=O)O)NC(=O)C(C)(C)CNC(=O)OCC1c2ccccc2-c2ccccc21. The summed E-state index contributed by atoms with van der Waals surface area (Å²) in [5.41, 5.74) is 2.71. The summed E-state index contributed by atoms with van der Waals surface area (Å²) in [5, 5.41) is 14.4. The number of carboxylic acid groups (broad SMARTS) is 1. The number of nitrogens with one attached hydrogen (secondary N) is 2. The van der Waals surface area contributed by atoms with E-state index in [-0.39, 0.29) is 31.4 Å². The van der Waals surface area contributed by atoms with Crippen molar-refractivity contribution in [2.45, 2.75) is 45.6 Å². The molecular formula is C25H30N2O5. The van der Waals surface area contributed by atoms with Crippen LogP contribution in [0.5, 0.6) is 0 Å². The Kier molecular flexibility index (Phi) is 6.57. The molecule has 2 aromatic carbocycles. The van der Waals surface area contributed by atoms with Crippen LogP contribution in [0.1, 0.15) is 51.2 Å². The van der Waals surface area contributed by atoms with Gasteiger partial charge in [-0.1, -0.05) is 48.5 Å². The van der Waals surface area contributed by atoms with E-state index in [1.54, 1.807) is 27.7 Å². The van der Waals surface area contributed by atoms with Crippen LogP contribution < -0.4 is 10.6 Å². The zero-order valence-corrected chi connectivity index (χ0v) is 18.9. The van der Waals surface area contributed by atoms with Crippen molar-refractivity contribution in [1.29, 1.82) is 0 Å². The quantitative estimate of drug-likeness (QED) is 0.579. The van der Waals surface area contributed by atoms with Gasteiger partial charge in [0.15, 0.2) is 0 Å². The van der Waals surface area contributed by atoms with Gasteiger partial charge in [0.25, 0.3) is 0 Å². The highest BCUT2D eigenvalue weighted by atomic mass is 16.5. The van der Waals surface area contributed by atoms with E-state index in [1.165, 1.54) is 0 Å². The van der Waals surface area contributed by atoms with Crippen molar-refractivity contribution in [3.05, 3.63) is 59.7 Å². The Labute approximate surface area is 188 Å². The molecule has 1 aliphatic rings. The summed E-state index contributed by atoms with van der Waals surface area (Å²) in [6, 6.07) is 16.2. The number of benzene rings is 2. The molecule has 0 aliphatic heterocycles. The van der Waals surface area contributed by atoms with E-state index in [9.17, 15) is 14.4 Å². The Morgan fingerprint density at radius 1 is 0.938 bits per heavy atom. The molecule has 2 aromatic rings. The highest BCUT2D eigenvalue weighted by Crippen LogP contribution is 2.44. The Balaban J connectivity index is 1.56. The highest BCUT2D eigenvalue weighted by molar-refractivity contribution is 5.84. The second-order valence-electron chi connectivity index (χ2n) is 9.47. The summed E-state index contributed by atoms with van der Waals surface area (Å²) >= 11 is 0. The van der Waals surface area contributed by atoms with Crippen molar-refractivity contribution in [2.24, 2.45) is 5.41 Å². The first-order chi connectivity index (χ1) is 15.0. The van der Waals surface area contributed by atoms with Gasteiger partial charge in [-0.3, -0.25) is 9.59 Å². The van der Waals surface area contributed by atoms with Crippen molar-refractivity contribution in [2.75, 3.05) is 13.2 Å². The molecule has 0 saturated carbocycles. The summed E-state index contributed by atoms with van der Waals surface area (Å²) in [6.07, 6.45) is -0.799. The summed E-state index contributed by atoms with van der Waals surface area (Å²) in [5.74, 6) is -1.38. The Bertz CT molecular complexity index is 983. The lowest BCUT2D eigenvalue weighted by atomic mass is 9.90. The van der Waals surface area contributed by atoms with Gasteiger partial charge in [0, 0.05) is 18.0 Å². The topological polar surface area (TPSA) is 105 Å². The minimum atomic E-state index is -0.995. The molecule has 0 spiro atoms. The molecule has 0 unspecified atom stereocenters. The molecule has 3 rings (SSSR count). The zero-order chi connectivity index (χ0) is 23.5. The second kappa shape index (κ2) is 9.02. The number of ether oxygens (including phenoxy) is 1. The zero-order valence-electron chi connectivity index (χ0n) is 18.9. The Morgan fingerprint density at radius 3 is 2.00 bits per heavy atom. The first kappa shape index (κ1) is 23.3. The van der Waals surface area contributed by atoms with Gasteiger partial charge in [0.05, 0.1) is 11.8 Å². The van der Waals surface area contributed by atoms with Crippen LogP contribution in [-0.2, 0) is 14.3 Å². The van der Waals surface area contributed by atoms with Crippen molar-refractivity contribution >= 4 is 18.0 Å². The van der Waals surface area contributed by atoms with Gasteiger partial charge in [-0.2, -0.15) is 0 Å². The molecule has 0 heterocycles. The lowest BCUT2D eigenvalue weighted by Gasteiger charge is -2.31. The van der Waals surface area contributed by atoms with E-state index < -0.39 is 23.0 Å². The molecule has 3 N–H and O–H groups in total. The smallest absolute Gasteiger partial charge is 0.407 e. The molecule has 32 heavy (non-hydrogen) atoms. The van der Waals surface area contributed by atoms with E-state index in [4.69, 9.17) is 9.84 Å². The second-order valence-corrected chi connectivity index (χ2v) is 9.47. The molecule has 0 fully saturated rings. The van der Waals surface area contributed by atoms with Gasteiger partial charge in [-0.25, -0.2) is 4.79 Å². The number of amides is 2. The lowest BCUT2D eigenvalue weighted by molar-refractivity contribution is -0.139. The van der Waals surface area contributed by atoms with Gasteiger partial charge < -0.3 is 20.5 Å². The number of hydrogen-bond acceptors (Lipinski definition) is 4. The predicted molar refractivity (Wildman–Crippen MR) is 121 cm³/mol. The maximum atomic E-state index is 12.6. The molecule has 0 atom stereocenters. The van der Waals surface area contributed by atoms with Crippen LogP contribution in [-0.4, -0.2) is 41.8 Å². The summed E-state index contributed by atoms with van der Waals surface area (Å²) in [4.78, 5) is 36.0. The predicted octanol–water partition coefficient (Wildman–Crippen LogP) is 3.92. The monoisotopic (exact) mass is 438 g/mol. The first-order valence-corrected chi connectivity index (χ1v) is 10.6. The Hall–Kier alpha value is -3.35. The van der Waals surface area contributed by atoms with Gasteiger partial charge in [0.1, 0.15) is 6.61 Å². The maximum absolute atomic E-state index is 12.6. The van der Waals surface area contributed by atoms with Gasteiger partial charge in [-0.15, -0.1) is 0 Å². The summed E-state index contributed by atoms with van der Waals surface area (Å²) in [7, 11) is 0. The van der Waals surface area contributed by atoms with E-state index in [2.05, 4.69) is 22.8 Å². The average Bonchev–Trinajstić information content (AvgIpc) is 3.03. The molecule has 1 aliphatic carbocycles. The average molecular weight is 439 g/mol. The number of hydrogen-bond donors (Lipinski definition) is 3. The standard InChI is InChI=1S/C25H30N2O5/c1-24(2,22(30)27-25(3,4)13-21(28)29)15-26-23(31)32-14-20-18-11-7-5-9-16(18)17-10-6-8-12-19(17)20/h5-12,20H,13-15H2,1-4H3,(H,26,31)(H,27,30)(H,28,29). The fourth-order valence-corrected chi connectivity index (χ4v) is 3.92. The van der Waals surface area contributed by atoms with Crippen LogP contribution in [0.2, 0.25) is 0 Å². The van der Waals surface area contributed by atoms with Crippen LogP contribution in [0.4, 0.5) is 4.79 Å². The van der Waals surface area contributed by atoms with Crippen molar-refractivity contribution in [3.63, 3.8) is 0 Å². The van der Waals surface area contributed by atoms with Crippen LogP contribution in [0, 0.1) is 5.41 Å². The minimum Gasteiger partial charge on any atom is -0.481 e. The number of aliphatic carboxylic acids is 1. The molecule has 7 heteroatoms. The number of fused-ring (bicyclic) bond motifs is 3. The Morgan fingerprint density at radius 2 is 1.47 bits per heavy atom. The number of rotatable bonds is 8. The van der Waals surface area contributed by atoms with Crippen LogP contribution in [0.15, 0.2) is 48.5 Å². The number of alkyl carbamates (subject to hydrolysis) is 1. The van der Waals surface area contributed by atoms with E-state index in [1.807, 2.05) is 36.4 Å². The lowest BCUT2D eigenvalue weighted by Crippen LogP contribution is -2.52. The van der Waals surface area contributed by atoms with Crippen molar-refractivity contribution in [3.8, 4) is 11.1 Å². The molecule has 170 valence electrons. The maximum Gasteiger partial charge on any atom is 0.407 e. The number of carboxylic acids is 1. The van der Waals surface area contributed by atoms with Gasteiger partial charge in [-0.05, 0) is 49.9 Å². The normalized spacial score (nSPS) is 13.1. The van der Waals surface area contributed by atoms with E-state index in [0.717, 1.165) is 22.3 Å². The largest absolute Gasteiger partial charge is 0.481 e. The highest BCUT2D eigenvalue weighted by Gasteiger charge is 2.34. The fourth-order valence-electron chi connectivity index (χ4n) is 3.92. The first-order valence-electron chi connectivity index (χ1n) is 10.6. The molecule has 2 amide bonds. The van der Waals surface area contributed by atoms with E-state index in [0.29, 0.717) is 0 Å². The van der Waals surface area contributed by atoms with E-state index >= 15 is 0 Å². The fraction of sp³-hybridized carbons (Fsp3) is 0.400. The van der Waals surface area contributed by atoms with Crippen molar-refractivity contribution < 1.29 is 24.2 Å².